The van der Waals surface area contributed by atoms with E-state index in [1.807, 2.05) is 18.3 Å². The van der Waals surface area contributed by atoms with E-state index in [-0.39, 0.29) is 6.10 Å². The third-order valence-electron chi connectivity index (χ3n) is 7.90. The van der Waals surface area contributed by atoms with Gasteiger partial charge in [-0.1, -0.05) is 84.5 Å². The lowest BCUT2D eigenvalue weighted by molar-refractivity contribution is 0.205. The topological polar surface area (TPSA) is 31.4 Å². The molecule has 1 aliphatic rings. The van der Waals surface area contributed by atoms with Gasteiger partial charge in [0.15, 0.2) is 0 Å². The maximum Gasteiger partial charge on any atom is 0.138 e. The quantitative estimate of drug-likeness (QED) is 0.205. The Morgan fingerprint density at radius 2 is 1.39 bits per heavy atom. The molecule has 0 radical (unpaired) electrons. The predicted octanol–water partition coefficient (Wildman–Crippen LogP) is 10.0. The van der Waals surface area contributed by atoms with Crippen molar-refractivity contribution in [3.8, 4) is 22.8 Å². The zero-order valence-electron chi connectivity index (χ0n) is 23.4. The van der Waals surface area contributed by atoms with Crippen molar-refractivity contribution < 1.29 is 9.47 Å². The SMILES string of the molecule is CCCCCC[C@H](C)Oc1ccc(-c2ccc(OCCCC3CCC(CCCCC)CC3)cc2)nc1. The first-order valence-corrected chi connectivity index (χ1v) is 15.0. The second-order valence-electron chi connectivity index (χ2n) is 11.1. The van der Waals surface area contributed by atoms with Crippen LogP contribution in [0, 0.1) is 11.8 Å². The van der Waals surface area contributed by atoms with Crippen molar-refractivity contribution in [2.45, 2.75) is 123 Å². The molecule has 0 N–H and O–H groups in total. The van der Waals surface area contributed by atoms with Crippen LogP contribution < -0.4 is 9.47 Å². The minimum atomic E-state index is 0.233. The third-order valence-corrected chi connectivity index (χ3v) is 7.90. The summed E-state index contributed by atoms with van der Waals surface area (Å²) < 4.78 is 12.1. The highest BCUT2D eigenvalue weighted by atomic mass is 16.5. The number of aromatic nitrogens is 1. The molecular formula is C33H51NO2. The van der Waals surface area contributed by atoms with E-state index < -0.39 is 0 Å². The molecule has 0 spiro atoms. The van der Waals surface area contributed by atoms with Gasteiger partial charge >= 0.3 is 0 Å². The summed E-state index contributed by atoms with van der Waals surface area (Å²) in [6.45, 7) is 7.52. The zero-order chi connectivity index (χ0) is 25.4. The number of benzene rings is 1. The largest absolute Gasteiger partial charge is 0.494 e. The van der Waals surface area contributed by atoms with Crippen LogP contribution in [0.15, 0.2) is 42.6 Å². The molecule has 3 rings (SSSR count). The summed E-state index contributed by atoms with van der Waals surface area (Å²) in [6, 6.07) is 12.4. The molecule has 3 heteroatoms. The van der Waals surface area contributed by atoms with Gasteiger partial charge in [0.05, 0.1) is 24.6 Å². The van der Waals surface area contributed by atoms with Crippen LogP contribution in [0.4, 0.5) is 0 Å². The van der Waals surface area contributed by atoms with Gasteiger partial charge in [0, 0.05) is 5.56 Å². The van der Waals surface area contributed by atoms with E-state index in [1.54, 1.807) is 0 Å². The summed E-state index contributed by atoms with van der Waals surface area (Å²) in [4.78, 5) is 4.63. The number of ether oxygens (including phenoxy) is 2. The fourth-order valence-corrected chi connectivity index (χ4v) is 5.55. The van der Waals surface area contributed by atoms with Crippen molar-refractivity contribution in [2.24, 2.45) is 11.8 Å². The van der Waals surface area contributed by atoms with Gasteiger partial charge in [-0.2, -0.15) is 0 Å². The molecule has 1 aromatic carbocycles. The van der Waals surface area contributed by atoms with Gasteiger partial charge in [0.25, 0.3) is 0 Å². The zero-order valence-corrected chi connectivity index (χ0v) is 23.4. The average molecular weight is 494 g/mol. The number of rotatable bonds is 17. The second-order valence-corrected chi connectivity index (χ2v) is 11.1. The minimum Gasteiger partial charge on any atom is -0.494 e. The fraction of sp³-hybridized carbons (Fsp3) is 0.667. The van der Waals surface area contributed by atoms with Crippen LogP contribution >= 0.6 is 0 Å². The number of unbranched alkanes of at least 4 members (excludes halogenated alkanes) is 5. The lowest BCUT2D eigenvalue weighted by atomic mass is 9.78. The molecule has 200 valence electrons. The molecule has 1 fully saturated rings. The smallest absolute Gasteiger partial charge is 0.138 e. The van der Waals surface area contributed by atoms with E-state index in [9.17, 15) is 0 Å². The molecule has 0 amide bonds. The van der Waals surface area contributed by atoms with Gasteiger partial charge in [-0.05, 0) is 80.8 Å². The molecule has 3 nitrogen and oxygen atoms in total. The van der Waals surface area contributed by atoms with Crippen LogP contribution in [0.1, 0.15) is 117 Å². The predicted molar refractivity (Wildman–Crippen MR) is 153 cm³/mol. The molecule has 1 saturated carbocycles. The Balaban J connectivity index is 1.32. The Kier molecular flexibility index (Phi) is 13.2. The molecule has 1 atom stereocenters. The van der Waals surface area contributed by atoms with Crippen LogP contribution in [0.25, 0.3) is 11.3 Å². The van der Waals surface area contributed by atoms with E-state index in [0.717, 1.165) is 54.0 Å². The van der Waals surface area contributed by atoms with Gasteiger partial charge in [0.2, 0.25) is 0 Å². The maximum absolute atomic E-state index is 6.05. The van der Waals surface area contributed by atoms with Gasteiger partial charge in [-0.25, -0.2) is 0 Å². The standard InChI is InChI=1S/C33H51NO2/c1-4-6-8-10-12-27(3)36-32-23-24-33(34-26-32)30-19-21-31(22-20-30)35-25-11-14-29-17-15-28(16-18-29)13-9-7-5-2/h19-24,26-29H,4-18,25H2,1-3H3/t27-,28?,29?/m0/s1. The molecule has 0 unspecified atom stereocenters. The third kappa shape index (κ3) is 10.5. The Morgan fingerprint density at radius 1 is 0.750 bits per heavy atom. The monoisotopic (exact) mass is 493 g/mol. The Labute approximate surface area is 221 Å². The first kappa shape index (κ1) is 28.5. The number of nitrogens with zero attached hydrogens (tertiary/aromatic N) is 1. The summed E-state index contributed by atoms with van der Waals surface area (Å²) in [5.74, 6) is 3.73. The highest BCUT2D eigenvalue weighted by Crippen LogP contribution is 2.34. The van der Waals surface area contributed by atoms with Crippen LogP contribution in [-0.4, -0.2) is 17.7 Å². The van der Waals surface area contributed by atoms with Crippen molar-refractivity contribution in [2.75, 3.05) is 6.61 Å². The highest BCUT2D eigenvalue weighted by Gasteiger charge is 2.20. The van der Waals surface area contributed by atoms with Crippen LogP contribution in [-0.2, 0) is 0 Å². The van der Waals surface area contributed by atoms with Crippen molar-refractivity contribution in [3.05, 3.63) is 42.6 Å². The van der Waals surface area contributed by atoms with Crippen LogP contribution in [0.3, 0.4) is 0 Å². The van der Waals surface area contributed by atoms with Crippen molar-refractivity contribution >= 4 is 0 Å². The van der Waals surface area contributed by atoms with Crippen LogP contribution in [0.5, 0.6) is 11.5 Å². The molecule has 2 aromatic rings. The number of hydrogen-bond acceptors (Lipinski definition) is 3. The molecular weight excluding hydrogens is 442 g/mol. The average Bonchev–Trinajstić information content (AvgIpc) is 2.91. The fourth-order valence-electron chi connectivity index (χ4n) is 5.55. The van der Waals surface area contributed by atoms with Gasteiger partial charge in [-0.3, -0.25) is 4.98 Å². The summed E-state index contributed by atoms with van der Waals surface area (Å²) >= 11 is 0. The molecule has 36 heavy (non-hydrogen) atoms. The molecule has 0 saturated heterocycles. The number of hydrogen-bond donors (Lipinski definition) is 0. The van der Waals surface area contributed by atoms with Crippen molar-refractivity contribution in [3.63, 3.8) is 0 Å². The molecule has 0 bridgehead atoms. The molecule has 1 aromatic heterocycles. The molecule has 1 heterocycles. The normalized spacial score (nSPS) is 18.6. The summed E-state index contributed by atoms with van der Waals surface area (Å²) in [6.07, 6.45) is 22.2. The van der Waals surface area contributed by atoms with E-state index in [0.29, 0.717) is 0 Å². The minimum absolute atomic E-state index is 0.233. The van der Waals surface area contributed by atoms with Gasteiger partial charge < -0.3 is 9.47 Å². The van der Waals surface area contributed by atoms with Gasteiger partial charge in [-0.15, -0.1) is 0 Å². The molecule has 0 aliphatic heterocycles. The summed E-state index contributed by atoms with van der Waals surface area (Å²) in [5.41, 5.74) is 2.08. The Morgan fingerprint density at radius 3 is 2.03 bits per heavy atom. The van der Waals surface area contributed by atoms with Crippen LogP contribution in [0.2, 0.25) is 0 Å². The Bertz CT molecular complexity index is 809. The summed E-state index contributed by atoms with van der Waals surface area (Å²) in [5, 5.41) is 0. The van der Waals surface area contributed by atoms with E-state index >= 15 is 0 Å². The highest BCUT2D eigenvalue weighted by molar-refractivity contribution is 5.60. The van der Waals surface area contributed by atoms with E-state index in [4.69, 9.17) is 9.47 Å². The lowest BCUT2D eigenvalue weighted by Crippen LogP contribution is -2.15. The second kappa shape index (κ2) is 16.7. The van der Waals surface area contributed by atoms with E-state index in [2.05, 4.69) is 50.0 Å². The summed E-state index contributed by atoms with van der Waals surface area (Å²) in [7, 11) is 0. The molecule has 1 aliphatic carbocycles. The maximum atomic E-state index is 6.05. The Hall–Kier alpha value is -2.03. The first-order valence-electron chi connectivity index (χ1n) is 15.0. The van der Waals surface area contributed by atoms with Crippen molar-refractivity contribution in [1.82, 2.24) is 4.98 Å². The van der Waals surface area contributed by atoms with Gasteiger partial charge in [0.1, 0.15) is 11.5 Å². The van der Waals surface area contributed by atoms with E-state index in [1.165, 1.54) is 83.5 Å². The van der Waals surface area contributed by atoms with Crippen molar-refractivity contribution in [1.29, 1.82) is 0 Å². The number of pyridine rings is 1. The lowest BCUT2D eigenvalue weighted by Gasteiger charge is -2.28. The first-order chi connectivity index (χ1) is 17.7.